The summed E-state index contributed by atoms with van der Waals surface area (Å²) in [6.45, 7) is 0. The van der Waals surface area contributed by atoms with Gasteiger partial charge in [-0.15, -0.1) is 11.3 Å². The monoisotopic (exact) mass is 656 g/mol. The lowest BCUT2D eigenvalue weighted by Crippen LogP contribution is -1.98. The number of fused-ring (bicyclic) bond motifs is 6. The number of hydrogen-bond donors (Lipinski definition) is 0. The molecule has 0 unspecified atom stereocenters. The number of furan rings is 1. The Kier molecular flexibility index (Phi) is 6.68. The summed E-state index contributed by atoms with van der Waals surface area (Å²) in [5, 5.41) is 3.37. The number of benzene rings is 7. The van der Waals surface area contributed by atoms with Gasteiger partial charge in [-0.05, 0) is 64.2 Å². The van der Waals surface area contributed by atoms with E-state index >= 15 is 0 Å². The summed E-state index contributed by atoms with van der Waals surface area (Å²) < 4.78 is 8.71. The van der Waals surface area contributed by atoms with Crippen LogP contribution in [0.15, 0.2) is 174 Å². The van der Waals surface area contributed by atoms with Crippen LogP contribution < -0.4 is 0 Å². The average molecular weight is 657 g/mol. The summed E-state index contributed by atoms with van der Waals surface area (Å²) in [5.41, 5.74) is 12.3. The normalized spacial score (nSPS) is 11.6. The molecule has 3 heterocycles. The molecule has 0 aliphatic rings. The highest BCUT2D eigenvalue weighted by molar-refractivity contribution is 7.26. The van der Waals surface area contributed by atoms with Crippen molar-refractivity contribution >= 4 is 53.6 Å². The first-order chi connectivity index (χ1) is 24.8. The highest BCUT2D eigenvalue weighted by atomic mass is 32.1. The van der Waals surface area contributed by atoms with Crippen molar-refractivity contribution in [1.82, 2.24) is 9.97 Å². The van der Waals surface area contributed by atoms with Crippen LogP contribution in [-0.4, -0.2) is 9.97 Å². The molecule has 0 bridgehead atoms. The summed E-state index contributed by atoms with van der Waals surface area (Å²) in [7, 11) is 0. The average Bonchev–Trinajstić information content (AvgIpc) is 3.76. The fraction of sp³-hybridized carbons (Fsp3) is 0. The third-order valence-electron chi connectivity index (χ3n) is 9.51. The molecule has 0 aliphatic carbocycles. The molecule has 50 heavy (non-hydrogen) atoms. The van der Waals surface area contributed by atoms with Gasteiger partial charge >= 0.3 is 0 Å². The van der Waals surface area contributed by atoms with E-state index in [0.717, 1.165) is 87.7 Å². The standard InChI is InChI=1S/C46H28N2OS/c1-4-14-29(15-5-1)33-26-37(32-24-25-35-34-20-10-12-22-39(34)49-40(35)28-32)42(30-16-6-2-7-17-30)38(27-33)46-47-43(31-18-8-3-9-19-31)45-44(48-46)36-21-11-13-23-41(36)50-45/h1-28H. The lowest BCUT2D eigenvalue weighted by Gasteiger charge is -2.19. The Labute approximate surface area is 292 Å². The number of nitrogens with zero attached hydrogens (tertiary/aromatic N) is 2. The summed E-state index contributed by atoms with van der Waals surface area (Å²) in [5.74, 6) is 0.697. The Balaban J connectivity index is 1.33. The Hall–Kier alpha value is -6.36. The molecule has 0 spiro atoms. The lowest BCUT2D eigenvalue weighted by atomic mass is 9.86. The highest BCUT2D eigenvalue weighted by Crippen LogP contribution is 2.46. The second-order valence-electron chi connectivity index (χ2n) is 12.5. The van der Waals surface area contributed by atoms with E-state index in [0.29, 0.717) is 5.82 Å². The minimum Gasteiger partial charge on any atom is -0.456 e. The topological polar surface area (TPSA) is 38.9 Å². The van der Waals surface area contributed by atoms with E-state index in [1.807, 2.05) is 12.1 Å². The van der Waals surface area contributed by atoms with Crippen molar-refractivity contribution in [3.63, 3.8) is 0 Å². The maximum atomic E-state index is 6.41. The molecular weight excluding hydrogens is 629 g/mol. The van der Waals surface area contributed by atoms with Gasteiger partial charge in [-0.3, -0.25) is 0 Å². The van der Waals surface area contributed by atoms with E-state index in [4.69, 9.17) is 14.4 Å². The maximum Gasteiger partial charge on any atom is 0.161 e. The molecule has 10 aromatic rings. The highest BCUT2D eigenvalue weighted by Gasteiger charge is 2.23. The molecule has 3 aromatic heterocycles. The van der Waals surface area contributed by atoms with Crippen molar-refractivity contribution in [3.05, 3.63) is 170 Å². The van der Waals surface area contributed by atoms with Crippen LogP contribution in [0.1, 0.15) is 0 Å². The van der Waals surface area contributed by atoms with Gasteiger partial charge in [0.15, 0.2) is 5.82 Å². The molecule has 0 saturated heterocycles. The van der Waals surface area contributed by atoms with E-state index in [2.05, 4.69) is 158 Å². The fourth-order valence-electron chi connectivity index (χ4n) is 7.16. The summed E-state index contributed by atoms with van der Waals surface area (Å²) >= 11 is 1.75. The van der Waals surface area contributed by atoms with Crippen LogP contribution in [0.2, 0.25) is 0 Å². The second-order valence-corrected chi connectivity index (χ2v) is 13.6. The first-order valence-electron chi connectivity index (χ1n) is 16.7. The Morgan fingerprint density at radius 1 is 0.420 bits per heavy atom. The first-order valence-corrected chi connectivity index (χ1v) is 17.6. The van der Waals surface area contributed by atoms with Crippen LogP contribution in [0.4, 0.5) is 0 Å². The molecule has 0 radical (unpaired) electrons. The van der Waals surface area contributed by atoms with E-state index in [1.165, 1.54) is 4.70 Å². The second kappa shape index (κ2) is 11.7. The van der Waals surface area contributed by atoms with E-state index in [-0.39, 0.29) is 0 Å². The van der Waals surface area contributed by atoms with Crippen LogP contribution in [0.3, 0.4) is 0 Å². The van der Waals surface area contributed by atoms with Gasteiger partial charge in [0.2, 0.25) is 0 Å². The minimum absolute atomic E-state index is 0.697. The molecule has 0 aliphatic heterocycles. The predicted molar refractivity (Wildman–Crippen MR) is 209 cm³/mol. The predicted octanol–water partition coefficient (Wildman–Crippen LogP) is 13.1. The van der Waals surface area contributed by atoms with E-state index < -0.39 is 0 Å². The van der Waals surface area contributed by atoms with E-state index in [9.17, 15) is 0 Å². The van der Waals surface area contributed by atoms with Crippen LogP contribution >= 0.6 is 11.3 Å². The summed E-state index contributed by atoms with van der Waals surface area (Å²) in [6.07, 6.45) is 0. The van der Waals surface area contributed by atoms with Crippen molar-refractivity contribution in [1.29, 1.82) is 0 Å². The minimum atomic E-state index is 0.697. The Morgan fingerprint density at radius 3 is 1.82 bits per heavy atom. The largest absolute Gasteiger partial charge is 0.456 e. The number of para-hydroxylation sites is 1. The van der Waals surface area contributed by atoms with Crippen LogP contribution in [0, 0.1) is 0 Å². The summed E-state index contributed by atoms with van der Waals surface area (Å²) in [4.78, 5) is 10.9. The number of thiophene rings is 1. The molecule has 3 nitrogen and oxygen atoms in total. The van der Waals surface area contributed by atoms with Gasteiger partial charge in [-0.25, -0.2) is 9.97 Å². The molecule has 0 fully saturated rings. The van der Waals surface area contributed by atoms with Gasteiger partial charge < -0.3 is 4.42 Å². The lowest BCUT2D eigenvalue weighted by molar-refractivity contribution is 0.669. The molecular formula is C46H28N2OS. The Bertz CT molecular complexity index is 2860. The molecule has 10 rings (SSSR count). The molecule has 0 atom stereocenters. The smallest absolute Gasteiger partial charge is 0.161 e. The van der Waals surface area contributed by atoms with Gasteiger partial charge in [-0.1, -0.05) is 133 Å². The van der Waals surface area contributed by atoms with Gasteiger partial charge in [0, 0.05) is 37.5 Å². The van der Waals surface area contributed by atoms with Crippen LogP contribution in [0.5, 0.6) is 0 Å². The van der Waals surface area contributed by atoms with Crippen molar-refractivity contribution < 1.29 is 4.42 Å². The number of aromatic nitrogens is 2. The van der Waals surface area contributed by atoms with Gasteiger partial charge in [0.25, 0.3) is 0 Å². The number of rotatable bonds is 5. The van der Waals surface area contributed by atoms with Crippen molar-refractivity contribution in [3.8, 4) is 56.0 Å². The van der Waals surface area contributed by atoms with Crippen LogP contribution in [-0.2, 0) is 0 Å². The molecule has 0 saturated carbocycles. The summed E-state index contributed by atoms with van der Waals surface area (Å²) in [6, 6.07) is 59.6. The van der Waals surface area contributed by atoms with Gasteiger partial charge in [0.05, 0.1) is 15.9 Å². The van der Waals surface area contributed by atoms with Gasteiger partial charge in [0.1, 0.15) is 11.2 Å². The number of hydrogen-bond acceptors (Lipinski definition) is 4. The molecule has 0 N–H and O–H groups in total. The first kappa shape index (κ1) is 28.6. The molecule has 0 amide bonds. The van der Waals surface area contributed by atoms with Crippen molar-refractivity contribution in [2.75, 3.05) is 0 Å². The van der Waals surface area contributed by atoms with Gasteiger partial charge in [-0.2, -0.15) is 0 Å². The van der Waals surface area contributed by atoms with Crippen molar-refractivity contribution in [2.45, 2.75) is 0 Å². The van der Waals surface area contributed by atoms with E-state index in [1.54, 1.807) is 11.3 Å². The molecule has 4 heteroatoms. The van der Waals surface area contributed by atoms with Crippen LogP contribution in [0.25, 0.3) is 98.3 Å². The third kappa shape index (κ3) is 4.73. The van der Waals surface area contributed by atoms with Crippen molar-refractivity contribution in [2.24, 2.45) is 0 Å². The zero-order valence-corrected chi connectivity index (χ0v) is 27.7. The molecule has 234 valence electrons. The maximum absolute atomic E-state index is 6.41. The zero-order chi connectivity index (χ0) is 33.0. The third-order valence-corrected chi connectivity index (χ3v) is 10.7. The quantitative estimate of drug-likeness (QED) is 0.185. The zero-order valence-electron chi connectivity index (χ0n) is 26.9. The fourth-order valence-corrected chi connectivity index (χ4v) is 8.31. The Morgan fingerprint density at radius 2 is 1.04 bits per heavy atom. The SMILES string of the molecule is c1ccc(-c2cc(-c3ccc4c(c3)oc3ccccc34)c(-c3ccccc3)c(-c3nc(-c4ccccc4)c4sc5ccccc5c4n3)c2)cc1. The molecule has 7 aromatic carbocycles.